The third-order valence-electron chi connectivity index (χ3n) is 3.37. The molecule has 1 aliphatic carbocycles. The van der Waals surface area contributed by atoms with E-state index in [1.807, 2.05) is 32.0 Å². The zero-order valence-electron chi connectivity index (χ0n) is 10.4. The average molecular weight is 232 g/mol. The number of nitrogens with one attached hydrogen (secondary N) is 1. The van der Waals surface area contributed by atoms with Crippen LogP contribution in [0, 0.1) is 5.92 Å². The Kier molecular flexibility index (Phi) is 3.48. The van der Waals surface area contributed by atoms with Crippen molar-refractivity contribution in [3.63, 3.8) is 0 Å². The zero-order chi connectivity index (χ0) is 12.4. The van der Waals surface area contributed by atoms with E-state index in [0.29, 0.717) is 5.92 Å². The topological polar surface area (TPSA) is 55.1 Å². The molecule has 1 amide bonds. The molecule has 2 rings (SSSR count). The van der Waals surface area contributed by atoms with Crippen molar-refractivity contribution >= 4 is 5.91 Å². The van der Waals surface area contributed by atoms with Gasteiger partial charge in [-0.1, -0.05) is 44.2 Å². The van der Waals surface area contributed by atoms with E-state index in [1.165, 1.54) is 5.56 Å². The lowest BCUT2D eigenvalue weighted by atomic mass is 10.0. The summed E-state index contributed by atoms with van der Waals surface area (Å²) >= 11 is 0. The molecule has 3 atom stereocenters. The molecule has 92 valence electrons. The van der Waals surface area contributed by atoms with Gasteiger partial charge in [-0.15, -0.1) is 0 Å². The molecule has 3 unspecified atom stereocenters. The maximum Gasteiger partial charge on any atom is 0.237 e. The van der Waals surface area contributed by atoms with Gasteiger partial charge in [0.25, 0.3) is 0 Å². The number of amides is 1. The van der Waals surface area contributed by atoms with Crippen LogP contribution >= 0.6 is 0 Å². The van der Waals surface area contributed by atoms with Gasteiger partial charge in [0.1, 0.15) is 0 Å². The molecule has 0 saturated heterocycles. The fraction of sp³-hybridized carbons (Fsp3) is 0.500. The van der Waals surface area contributed by atoms with Crippen LogP contribution in [0.4, 0.5) is 0 Å². The predicted molar refractivity (Wildman–Crippen MR) is 68.5 cm³/mol. The molecule has 0 spiro atoms. The van der Waals surface area contributed by atoms with Crippen molar-refractivity contribution in [3.05, 3.63) is 35.9 Å². The maximum atomic E-state index is 11.8. The highest BCUT2D eigenvalue weighted by Crippen LogP contribution is 2.40. The van der Waals surface area contributed by atoms with Crippen LogP contribution in [0.2, 0.25) is 0 Å². The molecule has 1 saturated carbocycles. The SMILES string of the molecule is CC(C)C(N)C(=O)NC1CC1c1ccccc1. The van der Waals surface area contributed by atoms with Crippen molar-refractivity contribution < 1.29 is 4.79 Å². The number of nitrogens with two attached hydrogens (primary N) is 1. The van der Waals surface area contributed by atoms with Crippen molar-refractivity contribution in [3.8, 4) is 0 Å². The Hall–Kier alpha value is -1.35. The van der Waals surface area contributed by atoms with Crippen molar-refractivity contribution in [2.75, 3.05) is 0 Å². The summed E-state index contributed by atoms with van der Waals surface area (Å²) in [4.78, 5) is 11.8. The van der Waals surface area contributed by atoms with Gasteiger partial charge in [-0.05, 0) is 17.9 Å². The maximum absolute atomic E-state index is 11.8. The Morgan fingerprint density at radius 3 is 2.59 bits per heavy atom. The number of hydrogen-bond donors (Lipinski definition) is 2. The molecule has 3 nitrogen and oxygen atoms in total. The average Bonchev–Trinajstić information content (AvgIpc) is 3.08. The standard InChI is InChI=1S/C14H20N2O/c1-9(2)13(15)14(17)16-12-8-11(12)10-6-4-3-5-7-10/h3-7,9,11-13H,8,15H2,1-2H3,(H,16,17). The summed E-state index contributed by atoms with van der Waals surface area (Å²) in [5.74, 6) is 0.631. The molecule has 0 aromatic heterocycles. The van der Waals surface area contributed by atoms with Crippen LogP contribution in [0.1, 0.15) is 31.7 Å². The highest BCUT2D eigenvalue weighted by molar-refractivity contribution is 5.82. The second-order valence-electron chi connectivity index (χ2n) is 5.14. The molecule has 17 heavy (non-hydrogen) atoms. The van der Waals surface area contributed by atoms with E-state index in [2.05, 4.69) is 17.4 Å². The Morgan fingerprint density at radius 2 is 2.00 bits per heavy atom. The number of hydrogen-bond acceptors (Lipinski definition) is 2. The van der Waals surface area contributed by atoms with Gasteiger partial charge in [0, 0.05) is 12.0 Å². The summed E-state index contributed by atoms with van der Waals surface area (Å²) in [6, 6.07) is 10.2. The lowest BCUT2D eigenvalue weighted by Gasteiger charge is -2.15. The fourth-order valence-corrected chi connectivity index (χ4v) is 2.00. The fourth-order valence-electron chi connectivity index (χ4n) is 2.00. The van der Waals surface area contributed by atoms with Gasteiger partial charge in [0.2, 0.25) is 5.91 Å². The van der Waals surface area contributed by atoms with Crippen LogP contribution < -0.4 is 11.1 Å². The highest BCUT2D eigenvalue weighted by atomic mass is 16.2. The van der Waals surface area contributed by atoms with Gasteiger partial charge in [-0.2, -0.15) is 0 Å². The summed E-state index contributed by atoms with van der Waals surface area (Å²) in [5, 5.41) is 3.02. The van der Waals surface area contributed by atoms with E-state index >= 15 is 0 Å². The van der Waals surface area contributed by atoms with E-state index in [4.69, 9.17) is 5.73 Å². The van der Waals surface area contributed by atoms with E-state index in [0.717, 1.165) is 6.42 Å². The highest BCUT2D eigenvalue weighted by Gasteiger charge is 2.40. The van der Waals surface area contributed by atoms with E-state index in [-0.39, 0.29) is 17.9 Å². The molecule has 1 fully saturated rings. The predicted octanol–water partition coefficient (Wildman–Crippen LogP) is 1.64. The zero-order valence-corrected chi connectivity index (χ0v) is 10.4. The molecule has 0 aliphatic heterocycles. The van der Waals surface area contributed by atoms with Gasteiger partial charge in [-0.3, -0.25) is 4.79 Å². The van der Waals surface area contributed by atoms with Crippen LogP contribution in [-0.2, 0) is 4.79 Å². The molecular formula is C14H20N2O. The quantitative estimate of drug-likeness (QED) is 0.829. The molecular weight excluding hydrogens is 212 g/mol. The smallest absolute Gasteiger partial charge is 0.237 e. The Morgan fingerprint density at radius 1 is 1.35 bits per heavy atom. The van der Waals surface area contributed by atoms with Crippen molar-refractivity contribution in [2.45, 2.75) is 38.3 Å². The number of benzene rings is 1. The van der Waals surface area contributed by atoms with Crippen molar-refractivity contribution in [1.82, 2.24) is 5.32 Å². The number of carbonyl (C=O) groups is 1. The summed E-state index contributed by atoms with van der Waals surface area (Å²) in [6.45, 7) is 3.93. The van der Waals surface area contributed by atoms with Crippen LogP contribution in [0.3, 0.4) is 0 Å². The van der Waals surface area contributed by atoms with Crippen LogP contribution in [0.15, 0.2) is 30.3 Å². The van der Waals surface area contributed by atoms with Crippen LogP contribution in [0.25, 0.3) is 0 Å². The lowest BCUT2D eigenvalue weighted by Crippen LogP contribution is -2.45. The largest absolute Gasteiger partial charge is 0.351 e. The van der Waals surface area contributed by atoms with Gasteiger partial charge < -0.3 is 11.1 Å². The molecule has 0 bridgehead atoms. The molecule has 0 heterocycles. The third-order valence-corrected chi connectivity index (χ3v) is 3.37. The minimum Gasteiger partial charge on any atom is -0.351 e. The lowest BCUT2D eigenvalue weighted by molar-refractivity contribution is -0.123. The summed E-state index contributed by atoms with van der Waals surface area (Å²) in [5.41, 5.74) is 7.11. The molecule has 3 heteroatoms. The second kappa shape index (κ2) is 4.88. The minimum atomic E-state index is -0.396. The number of carbonyl (C=O) groups excluding carboxylic acids is 1. The molecule has 0 radical (unpaired) electrons. The molecule has 1 aromatic rings. The van der Waals surface area contributed by atoms with Crippen molar-refractivity contribution in [2.24, 2.45) is 11.7 Å². The molecule has 1 aromatic carbocycles. The Labute approximate surface area is 102 Å². The first-order valence-electron chi connectivity index (χ1n) is 6.20. The summed E-state index contributed by atoms with van der Waals surface area (Å²) < 4.78 is 0. The summed E-state index contributed by atoms with van der Waals surface area (Å²) in [7, 11) is 0. The normalized spacial score (nSPS) is 24.5. The van der Waals surface area contributed by atoms with E-state index < -0.39 is 6.04 Å². The summed E-state index contributed by atoms with van der Waals surface area (Å²) in [6.07, 6.45) is 1.03. The minimum absolute atomic E-state index is 0.0246. The van der Waals surface area contributed by atoms with Gasteiger partial charge >= 0.3 is 0 Å². The first-order valence-corrected chi connectivity index (χ1v) is 6.20. The van der Waals surface area contributed by atoms with Crippen LogP contribution in [0.5, 0.6) is 0 Å². The van der Waals surface area contributed by atoms with Gasteiger partial charge in [-0.25, -0.2) is 0 Å². The number of rotatable bonds is 4. The van der Waals surface area contributed by atoms with Gasteiger partial charge in [0.15, 0.2) is 0 Å². The van der Waals surface area contributed by atoms with Crippen LogP contribution in [-0.4, -0.2) is 18.0 Å². The Bertz CT molecular complexity index is 388. The van der Waals surface area contributed by atoms with Gasteiger partial charge in [0.05, 0.1) is 6.04 Å². The van der Waals surface area contributed by atoms with E-state index in [9.17, 15) is 4.79 Å². The van der Waals surface area contributed by atoms with Crippen molar-refractivity contribution in [1.29, 1.82) is 0 Å². The third kappa shape index (κ3) is 2.86. The second-order valence-corrected chi connectivity index (χ2v) is 5.14. The molecule has 1 aliphatic rings. The first-order chi connectivity index (χ1) is 8.09. The monoisotopic (exact) mass is 232 g/mol. The molecule has 3 N–H and O–H groups in total. The Balaban J connectivity index is 1.86. The van der Waals surface area contributed by atoms with E-state index in [1.54, 1.807) is 0 Å². The first kappa shape index (κ1) is 12.1.